The topological polar surface area (TPSA) is 67.1 Å². The molecule has 0 fully saturated rings. The SMILES string of the molecule is N#CC(N)c1cnn2ccccc12. The molecule has 4 nitrogen and oxygen atoms in total. The molecule has 4 heteroatoms. The molecule has 64 valence electrons. The molecule has 0 saturated heterocycles. The van der Waals surface area contributed by atoms with Gasteiger partial charge in [0.05, 0.1) is 17.8 Å². The summed E-state index contributed by atoms with van der Waals surface area (Å²) in [5.41, 5.74) is 7.24. The second-order valence-electron chi connectivity index (χ2n) is 2.74. The molecule has 2 aromatic rings. The predicted octanol–water partition coefficient (Wildman–Crippen LogP) is 0.858. The molecule has 0 bridgehead atoms. The van der Waals surface area contributed by atoms with E-state index in [1.165, 1.54) is 0 Å². The molecule has 2 aromatic heterocycles. The van der Waals surface area contributed by atoms with Crippen LogP contribution in [0.4, 0.5) is 0 Å². The van der Waals surface area contributed by atoms with Crippen molar-refractivity contribution in [1.82, 2.24) is 9.61 Å². The third kappa shape index (κ3) is 1.15. The van der Waals surface area contributed by atoms with Gasteiger partial charge in [-0.1, -0.05) is 6.07 Å². The van der Waals surface area contributed by atoms with Crippen LogP contribution in [0.15, 0.2) is 30.6 Å². The molecule has 1 unspecified atom stereocenters. The van der Waals surface area contributed by atoms with Crippen molar-refractivity contribution >= 4 is 5.52 Å². The fourth-order valence-electron chi connectivity index (χ4n) is 1.26. The summed E-state index contributed by atoms with van der Waals surface area (Å²) < 4.78 is 1.70. The number of fused-ring (bicyclic) bond motifs is 1. The highest BCUT2D eigenvalue weighted by Gasteiger charge is 2.09. The maximum atomic E-state index is 8.65. The number of aromatic nitrogens is 2. The summed E-state index contributed by atoms with van der Waals surface area (Å²) in [5.74, 6) is 0. The molecule has 13 heavy (non-hydrogen) atoms. The van der Waals surface area contributed by atoms with Crippen molar-refractivity contribution < 1.29 is 0 Å². The van der Waals surface area contributed by atoms with E-state index in [-0.39, 0.29) is 0 Å². The lowest BCUT2D eigenvalue weighted by Gasteiger charge is -1.98. The van der Waals surface area contributed by atoms with Gasteiger partial charge in [-0.25, -0.2) is 4.52 Å². The average molecular weight is 172 g/mol. The molecule has 0 saturated carbocycles. The first kappa shape index (κ1) is 7.77. The van der Waals surface area contributed by atoms with Gasteiger partial charge in [0, 0.05) is 11.8 Å². The van der Waals surface area contributed by atoms with Gasteiger partial charge in [0.1, 0.15) is 6.04 Å². The van der Waals surface area contributed by atoms with Gasteiger partial charge in [-0.05, 0) is 12.1 Å². The van der Waals surface area contributed by atoms with E-state index in [1.807, 2.05) is 30.5 Å². The van der Waals surface area contributed by atoms with Crippen LogP contribution in [0.2, 0.25) is 0 Å². The molecule has 0 aliphatic rings. The Morgan fingerprint density at radius 1 is 1.54 bits per heavy atom. The van der Waals surface area contributed by atoms with Crippen molar-refractivity contribution in [1.29, 1.82) is 5.26 Å². The standard InChI is InChI=1S/C9H8N4/c10-5-8(11)7-6-12-13-4-2-1-3-9(7)13/h1-4,6,8H,11H2. The summed E-state index contributed by atoms with van der Waals surface area (Å²) in [5, 5.41) is 12.7. The van der Waals surface area contributed by atoms with Gasteiger partial charge in [0.25, 0.3) is 0 Å². The van der Waals surface area contributed by atoms with Crippen LogP contribution in [0.3, 0.4) is 0 Å². The molecule has 0 aromatic carbocycles. The minimum Gasteiger partial charge on any atom is -0.312 e. The van der Waals surface area contributed by atoms with E-state index < -0.39 is 6.04 Å². The molecule has 0 spiro atoms. The van der Waals surface area contributed by atoms with Crippen molar-refractivity contribution in [3.63, 3.8) is 0 Å². The van der Waals surface area contributed by atoms with Crippen LogP contribution in [0.1, 0.15) is 11.6 Å². The number of nitrogens with two attached hydrogens (primary N) is 1. The monoisotopic (exact) mass is 172 g/mol. The Morgan fingerprint density at radius 2 is 2.38 bits per heavy atom. The van der Waals surface area contributed by atoms with E-state index in [4.69, 9.17) is 11.0 Å². The summed E-state index contributed by atoms with van der Waals surface area (Å²) in [4.78, 5) is 0. The van der Waals surface area contributed by atoms with E-state index in [9.17, 15) is 0 Å². The molecule has 0 radical (unpaired) electrons. The Morgan fingerprint density at radius 3 is 3.15 bits per heavy atom. The summed E-state index contributed by atoms with van der Waals surface area (Å²) >= 11 is 0. The second-order valence-corrected chi connectivity index (χ2v) is 2.74. The third-order valence-electron chi connectivity index (χ3n) is 1.93. The van der Waals surface area contributed by atoms with Gasteiger partial charge >= 0.3 is 0 Å². The van der Waals surface area contributed by atoms with Crippen molar-refractivity contribution in [2.75, 3.05) is 0 Å². The maximum Gasteiger partial charge on any atom is 0.122 e. The van der Waals surface area contributed by atoms with E-state index in [0.717, 1.165) is 11.1 Å². The van der Waals surface area contributed by atoms with Gasteiger partial charge in [-0.2, -0.15) is 10.4 Å². The Hall–Kier alpha value is -1.86. The first-order valence-electron chi connectivity index (χ1n) is 3.90. The fraction of sp³-hybridized carbons (Fsp3) is 0.111. The zero-order valence-corrected chi connectivity index (χ0v) is 6.88. The zero-order valence-electron chi connectivity index (χ0n) is 6.88. The quantitative estimate of drug-likeness (QED) is 0.693. The second kappa shape index (κ2) is 2.88. The van der Waals surface area contributed by atoms with Gasteiger partial charge in [0.2, 0.25) is 0 Å². The van der Waals surface area contributed by atoms with Crippen LogP contribution in [0.5, 0.6) is 0 Å². The number of hydrogen-bond donors (Lipinski definition) is 1. The molecular weight excluding hydrogens is 164 g/mol. The number of rotatable bonds is 1. The lowest BCUT2D eigenvalue weighted by Crippen LogP contribution is -2.06. The minimum absolute atomic E-state index is 0.597. The van der Waals surface area contributed by atoms with Crippen molar-refractivity contribution in [3.8, 4) is 6.07 Å². The summed E-state index contributed by atoms with van der Waals surface area (Å²) in [6, 6.07) is 7.05. The van der Waals surface area contributed by atoms with E-state index in [2.05, 4.69) is 5.10 Å². The lowest BCUT2D eigenvalue weighted by atomic mass is 10.1. The Balaban J connectivity index is 2.66. The van der Waals surface area contributed by atoms with Gasteiger partial charge in [-0.15, -0.1) is 0 Å². The van der Waals surface area contributed by atoms with Crippen LogP contribution in [0, 0.1) is 11.3 Å². The number of pyridine rings is 1. The lowest BCUT2D eigenvalue weighted by molar-refractivity contribution is 0.936. The highest BCUT2D eigenvalue weighted by atomic mass is 15.2. The minimum atomic E-state index is -0.597. The van der Waals surface area contributed by atoms with Gasteiger partial charge < -0.3 is 5.73 Å². The highest BCUT2D eigenvalue weighted by Crippen LogP contribution is 2.15. The largest absolute Gasteiger partial charge is 0.312 e. The number of nitrogens with zero attached hydrogens (tertiary/aromatic N) is 3. The first-order valence-corrected chi connectivity index (χ1v) is 3.90. The van der Waals surface area contributed by atoms with Crippen LogP contribution in [-0.4, -0.2) is 9.61 Å². The van der Waals surface area contributed by atoms with Gasteiger partial charge in [0.15, 0.2) is 0 Å². The summed E-state index contributed by atoms with van der Waals surface area (Å²) in [6.07, 6.45) is 3.45. The Kier molecular flexibility index (Phi) is 1.72. The van der Waals surface area contributed by atoms with Gasteiger partial charge in [-0.3, -0.25) is 0 Å². The van der Waals surface area contributed by atoms with Crippen LogP contribution < -0.4 is 5.73 Å². The molecule has 0 aliphatic carbocycles. The van der Waals surface area contributed by atoms with Crippen LogP contribution in [-0.2, 0) is 0 Å². The summed E-state index contributed by atoms with van der Waals surface area (Å²) in [6.45, 7) is 0. The zero-order chi connectivity index (χ0) is 9.26. The third-order valence-corrected chi connectivity index (χ3v) is 1.93. The number of hydrogen-bond acceptors (Lipinski definition) is 3. The Bertz CT molecular complexity index is 466. The predicted molar refractivity (Wildman–Crippen MR) is 47.7 cm³/mol. The van der Waals surface area contributed by atoms with Crippen molar-refractivity contribution in [2.24, 2.45) is 5.73 Å². The summed E-state index contributed by atoms with van der Waals surface area (Å²) in [7, 11) is 0. The molecule has 1 atom stereocenters. The number of nitriles is 1. The molecule has 0 amide bonds. The van der Waals surface area contributed by atoms with E-state index >= 15 is 0 Å². The normalized spacial score (nSPS) is 12.6. The highest BCUT2D eigenvalue weighted by molar-refractivity contribution is 5.55. The average Bonchev–Trinajstić information content (AvgIpc) is 2.60. The molecular formula is C9H8N4. The molecule has 2 rings (SSSR count). The first-order chi connectivity index (χ1) is 6.33. The van der Waals surface area contributed by atoms with E-state index in [0.29, 0.717) is 0 Å². The smallest absolute Gasteiger partial charge is 0.122 e. The van der Waals surface area contributed by atoms with Crippen molar-refractivity contribution in [3.05, 3.63) is 36.2 Å². The molecule has 2 heterocycles. The molecule has 0 aliphatic heterocycles. The van der Waals surface area contributed by atoms with Crippen molar-refractivity contribution in [2.45, 2.75) is 6.04 Å². The fourth-order valence-corrected chi connectivity index (χ4v) is 1.26. The van der Waals surface area contributed by atoms with Crippen LogP contribution in [0.25, 0.3) is 5.52 Å². The Labute approximate surface area is 75.2 Å². The molecule has 2 N–H and O–H groups in total. The maximum absolute atomic E-state index is 8.65. The van der Waals surface area contributed by atoms with E-state index in [1.54, 1.807) is 10.7 Å². The van der Waals surface area contributed by atoms with Crippen LogP contribution >= 0.6 is 0 Å².